The van der Waals surface area contributed by atoms with Crippen molar-refractivity contribution >= 4 is 0 Å². The van der Waals surface area contributed by atoms with Crippen LogP contribution in [0.25, 0.3) is 0 Å². The topological polar surface area (TPSA) is 243 Å². The smallest absolute Gasteiger partial charge is 0.187 e. The SMILES string of the molecule is C[C@@H]1O[C@@H](O[C@H]2[C@H](O[C@H]3[C@H](OCCCN)O[C@H](CO)[C@H](O)[C@@H]3O)O[C@@H](C)[C@H](O)[C@H]2O)[C@H](O)[C@H](O)[C@H]1O. The first kappa shape index (κ1) is 29.9. The van der Waals surface area contributed by atoms with Crippen LogP contribution in [0.5, 0.6) is 0 Å². The number of aliphatic hydroxyl groups is 8. The third-order valence-electron chi connectivity index (χ3n) is 6.63. The van der Waals surface area contributed by atoms with Crippen molar-refractivity contribution in [2.75, 3.05) is 19.8 Å². The van der Waals surface area contributed by atoms with Gasteiger partial charge in [-0.1, -0.05) is 0 Å². The van der Waals surface area contributed by atoms with Gasteiger partial charge in [-0.25, -0.2) is 0 Å². The Bertz CT molecular complexity index is 677. The van der Waals surface area contributed by atoms with Crippen LogP contribution in [-0.4, -0.2) is 153 Å². The fourth-order valence-electron chi connectivity index (χ4n) is 4.31. The third-order valence-corrected chi connectivity index (χ3v) is 6.63. The lowest BCUT2D eigenvalue weighted by Gasteiger charge is -2.48. The van der Waals surface area contributed by atoms with Gasteiger partial charge in [-0.05, 0) is 26.8 Å². The van der Waals surface area contributed by atoms with E-state index in [9.17, 15) is 40.9 Å². The summed E-state index contributed by atoms with van der Waals surface area (Å²) < 4.78 is 33.8. The van der Waals surface area contributed by atoms with Crippen LogP contribution in [0.15, 0.2) is 0 Å². The summed E-state index contributed by atoms with van der Waals surface area (Å²) in [4.78, 5) is 0. The van der Waals surface area contributed by atoms with Gasteiger partial charge < -0.3 is 75.0 Å². The Kier molecular flexibility index (Phi) is 10.8. The van der Waals surface area contributed by atoms with Crippen LogP contribution >= 0.6 is 0 Å². The predicted octanol–water partition coefficient (Wildman–Crippen LogP) is -5.14. The summed E-state index contributed by atoms with van der Waals surface area (Å²) in [6, 6.07) is 0. The largest absolute Gasteiger partial charge is 0.394 e. The molecule has 15 heteroatoms. The first-order chi connectivity index (χ1) is 17.0. The molecular weight excluding hydrogens is 490 g/mol. The maximum atomic E-state index is 10.7. The average Bonchev–Trinajstić information content (AvgIpc) is 2.85. The molecule has 15 nitrogen and oxygen atoms in total. The van der Waals surface area contributed by atoms with Gasteiger partial charge in [0.1, 0.15) is 61.0 Å². The van der Waals surface area contributed by atoms with Gasteiger partial charge in [0.2, 0.25) is 0 Å². The Hall–Kier alpha value is -0.600. The monoisotopic (exact) mass is 529 g/mol. The highest BCUT2D eigenvalue weighted by Crippen LogP contribution is 2.33. The second-order valence-electron chi connectivity index (χ2n) is 9.29. The lowest BCUT2D eigenvalue weighted by atomic mass is 9.97. The third kappa shape index (κ3) is 6.33. The van der Waals surface area contributed by atoms with Gasteiger partial charge in [-0.2, -0.15) is 0 Å². The van der Waals surface area contributed by atoms with E-state index in [4.69, 9.17) is 34.2 Å². The van der Waals surface area contributed by atoms with E-state index in [1.54, 1.807) is 0 Å². The Labute approximate surface area is 207 Å². The molecule has 212 valence electrons. The molecule has 0 amide bonds. The van der Waals surface area contributed by atoms with E-state index in [1.807, 2.05) is 0 Å². The molecule has 0 aliphatic carbocycles. The van der Waals surface area contributed by atoms with Gasteiger partial charge in [-0.3, -0.25) is 0 Å². The molecule has 0 aromatic carbocycles. The minimum Gasteiger partial charge on any atom is -0.394 e. The van der Waals surface area contributed by atoms with E-state index in [2.05, 4.69) is 0 Å². The van der Waals surface area contributed by atoms with Crippen LogP contribution in [0.1, 0.15) is 20.3 Å². The number of aliphatic hydroxyl groups excluding tert-OH is 8. The molecular formula is C21H39NO14. The molecule has 0 radical (unpaired) electrons. The highest BCUT2D eigenvalue weighted by molar-refractivity contribution is 4.95. The molecule has 10 N–H and O–H groups in total. The normalized spacial score (nSPS) is 50.2. The summed E-state index contributed by atoms with van der Waals surface area (Å²) in [5, 5.41) is 82.0. The highest BCUT2D eigenvalue weighted by Gasteiger charge is 2.53. The molecule has 0 aromatic rings. The van der Waals surface area contributed by atoms with Crippen LogP contribution in [0.3, 0.4) is 0 Å². The van der Waals surface area contributed by atoms with Gasteiger partial charge in [-0.15, -0.1) is 0 Å². The van der Waals surface area contributed by atoms with E-state index in [0.717, 1.165) is 0 Å². The zero-order valence-corrected chi connectivity index (χ0v) is 20.1. The summed E-state index contributed by atoms with van der Waals surface area (Å²) in [6.45, 7) is 2.68. The lowest BCUT2D eigenvalue weighted by molar-refractivity contribution is -0.390. The molecule has 3 aliphatic heterocycles. The second kappa shape index (κ2) is 13.0. The minimum absolute atomic E-state index is 0.103. The maximum Gasteiger partial charge on any atom is 0.187 e. The number of hydrogen-bond acceptors (Lipinski definition) is 15. The number of ether oxygens (including phenoxy) is 6. The Morgan fingerprint density at radius 1 is 0.639 bits per heavy atom. The van der Waals surface area contributed by atoms with Crippen LogP contribution < -0.4 is 5.73 Å². The lowest BCUT2D eigenvalue weighted by Crippen LogP contribution is -2.66. The Balaban J connectivity index is 1.81. The molecule has 3 heterocycles. The molecule has 15 atom stereocenters. The number of rotatable bonds is 9. The summed E-state index contributed by atoms with van der Waals surface area (Å²) in [5.41, 5.74) is 5.49. The van der Waals surface area contributed by atoms with E-state index in [-0.39, 0.29) is 6.61 Å². The van der Waals surface area contributed by atoms with Gasteiger partial charge in [0.05, 0.1) is 25.4 Å². The molecule has 3 saturated heterocycles. The number of hydrogen-bond donors (Lipinski definition) is 9. The summed E-state index contributed by atoms with van der Waals surface area (Å²) in [7, 11) is 0. The van der Waals surface area contributed by atoms with E-state index < -0.39 is 98.7 Å². The predicted molar refractivity (Wildman–Crippen MR) is 116 cm³/mol. The van der Waals surface area contributed by atoms with Gasteiger partial charge in [0, 0.05) is 0 Å². The minimum atomic E-state index is -1.72. The van der Waals surface area contributed by atoms with E-state index >= 15 is 0 Å². The van der Waals surface area contributed by atoms with Gasteiger partial charge >= 0.3 is 0 Å². The number of nitrogens with two attached hydrogens (primary N) is 1. The molecule has 36 heavy (non-hydrogen) atoms. The molecule has 3 aliphatic rings. The van der Waals surface area contributed by atoms with Gasteiger partial charge in [0.25, 0.3) is 0 Å². The van der Waals surface area contributed by atoms with Crippen LogP contribution in [0.4, 0.5) is 0 Å². The fraction of sp³-hybridized carbons (Fsp3) is 1.00. The molecule has 0 spiro atoms. The van der Waals surface area contributed by atoms with Crippen molar-refractivity contribution < 1.29 is 69.3 Å². The standard InChI is InChI=1S/C21H39NO14/c1-7-10(24)13(27)16(30)19(32-7)35-18-14(28)11(25)8(2)33-21(18)36-17-15(29)12(26)9(6-23)34-20(17)31-5-3-4-22/h7-21,23-30H,3-6,22H2,1-2H3/t7-,8-,9+,10-,11-,12-,13+,14+,15-,16+,17+,18+,19-,20+,21-/m0/s1. The van der Waals surface area contributed by atoms with Crippen molar-refractivity contribution in [2.24, 2.45) is 5.73 Å². The Morgan fingerprint density at radius 3 is 1.78 bits per heavy atom. The first-order valence-corrected chi connectivity index (χ1v) is 12.0. The van der Waals surface area contributed by atoms with Gasteiger partial charge in [0.15, 0.2) is 18.9 Å². The zero-order valence-electron chi connectivity index (χ0n) is 20.1. The molecule has 0 saturated carbocycles. The van der Waals surface area contributed by atoms with Crippen molar-refractivity contribution in [3.8, 4) is 0 Å². The van der Waals surface area contributed by atoms with Crippen molar-refractivity contribution in [1.29, 1.82) is 0 Å². The summed E-state index contributed by atoms with van der Waals surface area (Å²) in [5.74, 6) is 0. The second-order valence-corrected chi connectivity index (χ2v) is 9.29. The van der Waals surface area contributed by atoms with Crippen LogP contribution in [0.2, 0.25) is 0 Å². The summed E-state index contributed by atoms with van der Waals surface area (Å²) >= 11 is 0. The van der Waals surface area contributed by atoms with E-state index in [1.165, 1.54) is 13.8 Å². The van der Waals surface area contributed by atoms with Crippen molar-refractivity contribution in [2.45, 2.75) is 112 Å². The molecule has 0 bridgehead atoms. The zero-order chi connectivity index (χ0) is 26.7. The Morgan fingerprint density at radius 2 is 1.17 bits per heavy atom. The average molecular weight is 530 g/mol. The van der Waals surface area contributed by atoms with Crippen LogP contribution in [-0.2, 0) is 28.4 Å². The maximum absolute atomic E-state index is 10.7. The molecule has 3 rings (SSSR count). The molecule has 0 unspecified atom stereocenters. The van der Waals surface area contributed by atoms with E-state index in [0.29, 0.717) is 13.0 Å². The molecule has 0 aromatic heterocycles. The fourth-order valence-corrected chi connectivity index (χ4v) is 4.31. The molecule has 3 fully saturated rings. The van der Waals surface area contributed by atoms with Crippen molar-refractivity contribution in [1.82, 2.24) is 0 Å². The summed E-state index contributed by atoms with van der Waals surface area (Å²) in [6.07, 6.45) is -21.0. The quantitative estimate of drug-likeness (QED) is 0.127. The highest BCUT2D eigenvalue weighted by atomic mass is 16.8. The first-order valence-electron chi connectivity index (χ1n) is 12.0. The van der Waals surface area contributed by atoms with Crippen molar-refractivity contribution in [3.63, 3.8) is 0 Å². The van der Waals surface area contributed by atoms with Crippen LogP contribution in [0, 0.1) is 0 Å². The van der Waals surface area contributed by atoms with Crippen molar-refractivity contribution in [3.05, 3.63) is 0 Å².